The molecular weight excluding hydrogens is 199 g/mol. The molecule has 4 nitrogen and oxygen atoms in total. The molecule has 0 aliphatic carbocycles. The maximum absolute atomic E-state index is 9.25. The molecule has 0 aliphatic heterocycles. The molecule has 5 heteroatoms. The third-order valence-electron chi connectivity index (χ3n) is 0.175. The molecule has 0 saturated heterocycles. The van der Waals surface area contributed by atoms with Crippen molar-refractivity contribution in [3.63, 3.8) is 0 Å². The summed E-state index contributed by atoms with van der Waals surface area (Å²) in [5.74, 6) is -0.981. The molecule has 0 aromatic heterocycles. The van der Waals surface area contributed by atoms with Gasteiger partial charge >= 0.3 is 5.97 Å². The molecule has 1 N–H and O–H groups in total. The molecule has 0 aromatic rings. The molecule has 0 heterocycles. The van der Waals surface area contributed by atoms with Crippen molar-refractivity contribution < 1.29 is 47.4 Å². The first-order chi connectivity index (χ1) is 3.68. The van der Waals surface area contributed by atoms with Gasteiger partial charge in [0.15, 0.2) is 0 Å². The summed E-state index contributed by atoms with van der Waals surface area (Å²) in [5.41, 5.74) is 0. The number of hydrogen-bond acceptors (Lipinski definition) is 2. The van der Waals surface area contributed by atoms with Crippen LogP contribution in [0, 0.1) is 0 Å². The molecule has 0 aromatic carbocycles. The van der Waals surface area contributed by atoms with E-state index in [1.807, 2.05) is 0 Å². The van der Waals surface area contributed by atoms with E-state index in [2.05, 4.69) is 6.58 Å². The number of hydrogen-bond donors (Lipinski definition) is 1. The molecule has 47 valence electrons. The predicted octanol–water partition coefficient (Wildman–Crippen LogP) is 0.146. The van der Waals surface area contributed by atoms with Crippen LogP contribution in [-0.4, -0.2) is 17.2 Å². The van der Waals surface area contributed by atoms with Gasteiger partial charge in [0.05, 0.1) is 0 Å². The number of rotatable bonds is 1. The minimum absolute atomic E-state index is 0. The Morgan fingerprint density at radius 2 is 1.89 bits per heavy atom. The van der Waals surface area contributed by atoms with Crippen LogP contribution in [0.15, 0.2) is 12.7 Å². The van der Waals surface area contributed by atoms with Gasteiger partial charge < -0.3 is 10.5 Å². The van der Waals surface area contributed by atoms with Crippen molar-refractivity contribution in [2.45, 2.75) is 0 Å². The number of carboxylic acid groups (broad SMARTS) is 1. The van der Waals surface area contributed by atoms with Crippen molar-refractivity contribution >= 4 is 12.0 Å². The van der Waals surface area contributed by atoms with Crippen molar-refractivity contribution in [2.75, 3.05) is 0 Å². The number of carbonyl (C=O) groups is 1. The van der Waals surface area contributed by atoms with E-state index in [-0.39, 0.29) is 32.7 Å². The average molecular weight is 203 g/mol. The van der Waals surface area contributed by atoms with Crippen LogP contribution >= 0.6 is 0 Å². The Labute approximate surface area is 77.3 Å². The van der Waals surface area contributed by atoms with Gasteiger partial charge in [0, 0.05) is 38.8 Å². The molecule has 9 heavy (non-hydrogen) atoms. The molecular formula is C4H4NO3Y-. The van der Waals surface area contributed by atoms with Gasteiger partial charge in [-0.3, -0.25) is 4.79 Å². The quantitative estimate of drug-likeness (QED) is 0.374. The van der Waals surface area contributed by atoms with Gasteiger partial charge in [0.25, 0.3) is 0 Å². The Kier molecular flexibility index (Phi) is 27.6. The molecule has 0 amide bonds. The third-order valence-corrected chi connectivity index (χ3v) is 0.175. The number of isocyanates is 1. The van der Waals surface area contributed by atoms with Crippen molar-refractivity contribution in [3.8, 4) is 0 Å². The van der Waals surface area contributed by atoms with Crippen LogP contribution in [0.5, 0.6) is 0 Å². The van der Waals surface area contributed by atoms with Gasteiger partial charge in [0.2, 0.25) is 0 Å². The summed E-state index contributed by atoms with van der Waals surface area (Å²) >= 11 is 0. The number of aliphatic carboxylic acids is 1. The number of carboxylic acids is 1. The van der Waals surface area contributed by atoms with Crippen LogP contribution in [0.2, 0.25) is 0 Å². The summed E-state index contributed by atoms with van der Waals surface area (Å²) in [5, 5.41) is 14.4. The first-order valence-electron chi connectivity index (χ1n) is 1.55. The van der Waals surface area contributed by atoms with Gasteiger partial charge in [-0.05, 0) is 6.08 Å². The van der Waals surface area contributed by atoms with Gasteiger partial charge in [-0.15, -0.1) is 0 Å². The van der Waals surface area contributed by atoms with Crippen LogP contribution in [0.4, 0.5) is 0 Å². The Balaban J connectivity index is -0.0000000800. The maximum atomic E-state index is 9.25. The smallest absolute Gasteiger partial charge is 0.327 e. The minimum Gasteiger partial charge on any atom is -0.724 e. The largest absolute Gasteiger partial charge is 0.724 e. The molecule has 0 saturated carbocycles. The van der Waals surface area contributed by atoms with Crippen LogP contribution in [0.25, 0.3) is 5.41 Å². The van der Waals surface area contributed by atoms with Crippen molar-refractivity contribution in [3.05, 3.63) is 18.1 Å². The second-order valence-corrected chi connectivity index (χ2v) is 0.634. The van der Waals surface area contributed by atoms with Crippen molar-refractivity contribution in [1.82, 2.24) is 0 Å². The van der Waals surface area contributed by atoms with Crippen molar-refractivity contribution in [1.29, 1.82) is 0 Å². The van der Waals surface area contributed by atoms with Crippen LogP contribution < -0.4 is 0 Å². The summed E-state index contributed by atoms with van der Waals surface area (Å²) in [4.78, 5) is 17.5. The van der Waals surface area contributed by atoms with E-state index in [1.54, 1.807) is 0 Å². The normalized spacial score (nSPS) is 4.44. The number of nitrogens with zero attached hydrogens (tertiary/aromatic N) is 1. The molecule has 0 unspecified atom stereocenters. The molecule has 0 rings (SSSR count). The van der Waals surface area contributed by atoms with E-state index in [1.165, 1.54) is 0 Å². The third kappa shape index (κ3) is 86.9. The Bertz CT molecular complexity index is 117. The summed E-state index contributed by atoms with van der Waals surface area (Å²) < 4.78 is 0. The summed E-state index contributed by atoms with van der Waals surface area (Å²) in [6.07, 6.45) is 1.33. The second kappa shape index (κ2) is 15.6. The van der Waals surface area contributed by atoms with Crippen molar-refractivity contribution in [2.24, 2.45) is 0 Å². The fourth-order valence-electron chi connectivity index (χ4n) is 0. The zero-order chi connectivity index (χ0) is 6.99. The molecule has 0 atom stereocenters. The van der Waals surface area contributed by atoms with E-state index in [0.29, 0.717) is 6.08 Å². The van der Waals surface area contributed by atoms with E-state index in [4.69, 9.17) is 15.3 Å². The SMILES string of the molecule is C=CC(=O)O.[N-]=C=O.[Y]. The summed E-state index contributed by atoms with van der Waals surface area (Å²) in [6, 6.07) is 0. The zero-order valence-electron chi connectivity index (χ0n) is 4.57. The van der Waals surface area contributed by atoms with E-state index in [0.717, 1.165) is 6.08 Å². The Morgan fingerprint density at radius 3 is 1.89 bits per heavy atom. The average Bonchev–Trinajstić information content (AvgIpc) is 1.69. The van der Waals surface area contributed by atoms with E-state index < -0.39 is 5.97 Å². The number of carbonyl (C=O) groups excluding carboxylic acids is 1. The standard InChI is InChI=1S/C3H4O2.CNO.Y/c1-2-3(4)5;2-1-3;/h2H,1H2,(H,4,5);;/q;-1;. The molecule has 0 fully saturated rings. The van der Waals surface area contributed by atoms with Crippen LogP contribution in [0.1, 0.15) is 0 Å². The van der Waals surface area contributed by atoms with E-state index >= 15 is 0 Å². The van der Waals surface area contributed by atoms with Gasteiger partial charge in [-0.25, -0.2) is 4.79 Å². The first-order valence-corrected chi connectivity index (χ1v) is 1.55. The van der Waals surface area contributed by atoms with Gasteiger partial charge in [-0.1, -0.05) is 6.58 Å². The maximum Gasteiger partial charge on any atom is 0.327 e. The van der Waals surface area contributed by atoms with Gasteiger partial charge in [-0.2, -0.15) is 0 Å². The zero-order valence-corrected chi connectivity index (χ0v) is 7.41. The first kappa shape index (κ1) is 15.9. The Morgan fingerprint density at radius 1 is 1.78 bits per heavy atom. The fourth-order valence-corrected chi connectivity index (χ4v) is 0. The van der Waals surface area contributed by atoms with Crippen LogP contribution in [-0.2, 0) is 42.3 Å². The fraction of sp³-hybridized carbons (Fsp3) is 0. The second-order valence-electron chi connectivity index (χ2n) is 0.634. The molecule has 0 bridgehead atoms. The molecule has 0 aliphatic rings. The summed E-state index contributed by atoms with van der Waals surface area (Å²) in [6.45, 7) is 2.96. The minimum atomic E-state index is -0.981. The van der Waals surface area contributed by atoms with E-state index in [9.17, 15) is 4.79 Å². The molecule has 0 spiro atoms. The topological polar surface area (TPSA) is 76.7 Å². The van der Waals surface area contributed by atoms with Crippen LogP contribution in [0.3, 0.4) is 0 Å². The summed E-state index contributed by atoms with van der Waals surface area (Å²) in [7, 11) is 0. The predicted molar refractivity (Wildman–Crippen MR) is 26.9 cm³/mol. The van der Waals surface area contributed by atoms with Gasteiger partial charge in [0.1, 0.15) is 0 Å². The molecule has 1 radical (unpaired) electrons. The Hall–Kier alpha value is -0.306. The monoisotopic (exact) mass is 203 g/mol.